The van der Waals surface area contributed by atoms with Gasteiger partial charge in [0.05, 0.1) is 12.8 Å². The quantitative estimate of drug-likeness (QED) is 0.430. The average molecular weight is 300 g/mol. The molecule has 0 aliphatic heterocycles. The number of carbonyl (C=O) groups excluding carboxylic acids is 1. The fraction of sp³-hybridized carbons (Fsp3) is 0.714. The molecule has 114 valence electrons. The van der Waals surface area contributed by atoms with Crippen molar-refractivity contribution >= 4 is 17.7 Å². The number of hydrogen-bond donors (Lipinski definition) is 1. The Bertz CT molecular complexity index is 422. The summed E-state index contributed by atoms with van der Waals surface area (Å²) in [6, 6.07) is 0. The van der Waals surface area contributed by atoms with Crippen LogP contribution in [0.25, 0.3) is 0 Å². The van der Waals surface area contributed by atoms with Gasteiger partial charge in [0.15, 0.2) is 0 Å². The van der Waals surface area contributed by atoms with Gasteiger partial charge < -0.3 is 14.5 Å². The van der Waals surface area contributed by atoms with Crippen molar-refractivity contribution in [3.63, 3.8) is 0 Å². The van der Waals surface area contributed by atoms with Gasteiger partial charge in [-0.3, -0.25) is 4.79 Å². The molecule has 1 aromatic rings. The molecule has 1 rings (SSSR count). The Labute approximate surface area is 124 Å². The minimum Gasteiger partial charge on any atom is -0.468 e. The highest BCUT2D eigenvalue weighted by molar-refractivity contribution is 7.99. The van der Waals surface area contributed by atoms with Crippen LogP contribution in [0.4, 0.5) is 0 Å². The van der Waals surface area contributed by atoms with Crippen molar-refractivity contribution in [1.82, 2.24) is 10.3 Å². The van der Waals surface area contributed by atoms with Gasteiger partial charge >= 0.3 is 5.97 Å². The summed E-state index contributed by atoms with van der Waals surface area (Å²) in [4.78, 5) is 16.0. The highest BCUT2D eigenvalue weighted by Crippen LogP contribution is 2.21. The second kappa shape index (κ2) is 8.32. The molecular formula is C14H24N2O3S. The van der Waals surface area contributed by atoms with E-state index in [1.165, 1.54) is 7.11 Å². The van der Waals surface area contributed by atoms with E-state index in [4.69, 9.17) is 9.15 Å². The number of hydrogen-bond acceptors (Lipinski definition) is 6. The third-order valence-corrected chi connectivity index (χ3v) is 4.02. The van der Waals surface area contributed by atoms with Crippen LogP contribution in [0, 0.1) is 6.92 Å². The molecule has 0 amide bonds. The Morgan fingerprint density at radius 1 is 1.55 bits per heavy atom. The number of likely N-dealkylation sites (N-methyl/N-ethyl adjacent to an activating group) is 1. The first kappa shape index (κ1) is 17.0. The number of oxazole rings is 1. The number of carbonyl (C=O) groups is 1. The maximum absolute atomic E-state index is 11.8. The third-order valence-electron chi connectivity index (χ3n) is 3.10. The number of nitrogens with one attached hydrogen (secondary N) is 1. The number of aryl methyl sites for hydroxylation is 1. The average Bonchev–Trinajstić information content (AvgIpc) is 2.83. The van der Waals surface area contributed by atoms with E-state index in [-0.39, 0.29) is 5.97 Å². The van der Waals surface area contributed by atoms with Crippen molar-refractivity contribution in [2.75, 3.05) is 19.4 Å². The molecule has 0 fully saturated rings. The normalized spacial score (nSPS) is 14.0. The smallest absolute Gasteiger partial charge is 0.325 e. The Morgan fingerprint density at radius 2 is 2.30 bits per heavy atom. The molecular weight excluding hydrogens is 276 g/mol. The first-order valence-corrected chi connectivity index (χ1v) is 7.88. The maximum atomic E-state index is 11.8. The van der Waals surface area contributed by atoms with Gasteiger partial charge in [0.1, 0.15) is 11.8 Å². The van der Waals surface area contributed by atoms with Crippen LogP contribution in [-0.2, 0) is 9.53 Å². The number of nitrogens with zero attached hydrogens (tertiary/aromatic N) is 1. The van der Waals surface area contributed by atoms with Crippen molar-refractivity contribution in [2.45, 2.75) is 50.8 Å². The molecule has 1 atom stereocenters. The van der Waals surface area contributed by atoms with E-state index < -0.39 is 5.54 Å². The fourth-order valence-electron chi connectivity index (χ4n) is 2.02. The zero-order valence-electron chi connectivity index (χ0n) is 12.7. The van der Waals surface area contributed by atoms with Crippen LogP contribution in [-0.4, -0.2) is 35.9 Å². The largest absolute Gasteiger partial charge is 0.468 e. The molecule has 1 aromatic heterocycles. The number of unbranched alkanes of at least 4 members (excludes halogenated alkanes) is 1. The molecule has 6 heteroatoms. The zero-order chi connectivity index (χ0) is 15.0. The number of ether oxygens (including phenoxy) is 1. The fourth-order valence-corrected chi connectivity index (χ4v) is 2.86. The second-order valence-corrected chi connectivity index (χ2v) is 5.96. The molecule has 0 aliphatic rings. The monoisotopic (exact) mass is 300 g/mol. The van der Waals surface area contributed by atoms with Crippen molar-refractivity contribution in [3.05, 3.63) is 12.0 Å². The van der Waals surface area contributed by atoms with E-state index in [1.54, 1.807) is 18.0 Å². The van der Waals surface area contributed by atoms with E-state index in [0.29, 0.717) is 5.22 Å². The van der Waals surface area contributed by atoms with Gasteiger partial charge in [0.25, 0.3) is 5.22 Å². The van der Waals surface area contributed by atoms with Crippen LogP contribution < -0.4 is 5.32 Å². The summed E-state index contributed by atoms with van der Waals surface area (Å²) in [6.07, 6.45) is 4.37. The molecule has 1 N–H and O–H groups in total. The van der Waals surface area contributed by atoms with Gasteiger partial charge in [0.2, 0.25) is 0 Å². The van der Waals surface area contributed by atoms with Crippen LogP contribution in [0.2, 0.25) is 0 Å². The summed E-state index contributed by atoms with van der Waals surface area (Å²) in [7, 11) is 1.43. The van der Waals surface area contributed by atoms with E-state index in [1.807, 2.05) is 20.8 Å². The highest BCUT2D eigenvalue weighted by atomic mass is 32.2. The van der Waals surface area contributed by atoms with Crippen molar-refractivity contribution in [1.29, 1.82) is 0 Å². The molecule has 1 unspecified atom stereocenters. The Hall–Kier alpha value is -1.01. The second-order valence-electron chi connectivity index (χ2n) is 4.91. The molecule has 1 heterocycles. The lowest BCUT2D eigenvalue weighted by Gasteiger charge is -2.27. The van der Waals surface area contributed by atoms with Crippen LogP contribution in [0.3, 0.4) is 0 Å². The topological polar surface area (TPSA) is 64.4 Å². The molecule has 0 saturated heterocycles. The maximum Gasteiger partial charge on any atom is 0.325 e. The lowest BCUT2D eigenvalue weighted by atomic mass is 9.95. The van der Waals surface area contributed by atoms with Gasteiger partial charge in [-0.1, -0.05) is 25.1 Å². The molecule has 0 bridgehead atoms. The van der Waals surface area contributed by atoms with Crippen molar-refractivity contribution < 1.29 is 13.9 Å². The third kappa shape index (κ3) is 5.17. The van der Waals surface area contributed by atoms with Gasteiger partial charge in [-0.15, -0.1) is 0 Å². The number of thioether (sulfide) groups is 1. The first-order chi connectivity index (χ1) is 9.51. The van der Waals surface area contributed by atoms with Gasteiger partial charge in [-0.2, -0.15) is 0 Å². The van der Waals surface area contributed by atoms with E-state index in [9.17, 15) is 4.79 Å². The summed E-state index contributed by atoms with van der Waals surface area (Å²) in [5.41, 5.74) is 0.311. The Kier molecular flexibility index (Phi) is 7.09. The Balaban J connectivity index is 2.28. The van der Waals surface area contributed by atoms with Crippen LogP contribution in [0.5, 0.6) is 0 Å². The lowest BCUT2D eigenvalue weighted by Crippen LogP contribution is -2.50. The van der Waals surface area contributed by atoms with Gasteiger partial charge in [-0.05, 0) is 33.2 Å². The molecule has 5 nitrogen and oxygen atoms in total. The SMILES string of the molecule is CCNC(C)(CCCCSc1nc(C)co1)C(=O)OC. The lowest BCUT2D eigenvalue weighted by molar-refractivity contribution is -0.148. The first-order valence-electron chi connectivity index (χ1n) is 6.90. The molecule has 0 spiro atoms. The molecule has 0 radical (unpaired) electrons. The Morgan fingerprint density at radius 3 is 2.85 bits per heavy atom. The summed E-state index contributed by atoms with van der Waals surface area (Å²) >= 11 is 1.60. The highest BCUT2D eigenvalue weighted by Gasteiger charge is 2.32. The molecule has 0 saturated carbocycles. The number of methoxy groups -OCH3 is 1. The van der Waals surface area contributed by atoms with E-state index in [0.717, 1.165) is 37.3 Å². The number of aromatic nitrogens is 1. The van der Waals surface area contributed by atoms with Gasteiger partial charge in [0, 0.05) is 5.75 Å². The number of rotatable bonds is 9. The van der Waals surface area contributed by atoms with Crippen LogP contribution >= 0.6 is 11.8 Å². The van der Waals surface area contributed by atoms with Crippen molar-refractivity contribution in [2.24, 2.45) is 0 Å². The van der Waals surface area contributed by atoms with E-state index in [2.05, 4.69) is 10.3 Å². The van der Waals surface area contributed by atoms with E-state index >= 15 is 0 Å². The summed E-state index contributed by atoms with van der Waals surface area (Å²) in [6.45, 7) is 6.54. The number of esters is 1. The predicted octanol–water partition coefficient (Wildman–Crippen LogP) is 2.79. The minimum absolute atomic E-state index is 0.199. The molecule has 0 aromatic carbocycles. The summed E-state index contributed by atoms with van der Waals surface area (Å²) in [5.74, 6) is 0.735. The molecule has 20 heavy (non-hydrogen) atoms. The van der Waals surface area contributed by atoms with Crippen LogP contribution in [0.15, 0.2) is 15.9 Å². The van der Waals surface area contributed by atoms with Crippen LogP contribution in [0.1, 0.15) is 38.8 Å². The minimum atomic E-state index is -0.590. The zero-order valence-corrected chi connectivity index (χ0v) is 13.5. The summed E-state index contributed by atoms with van der Waals surface area (Å²) < 4.78 is 10.1. The predicted molar refractivity (Wildman–Crippen MR) is 79.9 cm³/mol. The van der Waals surface area contributed by atoms with Gasteiger partial charge in [-0.25, -0.2) is 4.98 Å². The standard InChI is InChI=1S/C14H24N2O3S/c1-5-15-14(3,12(17)18-4)8-6-7-9-20-13-16-11(2)10-19-13/h10,15H,5-9H2,1-4H3. The van der Waals surface area contributed by atoms with Crippen molar-refractivity contribution in [3.8, 4) is 0 Å². The summed E-state index contributed by atoms with van der Waals surface area (Å²) in [5, 5.41) is 3.92. The molecule has 0 aliphatic carbocycles.